The fourth-order valence-electron chi connectivity index (χ4n) is 2.54. The summed E-state index contributed by atoms with van der Waals surface area (Å²) in [6.45, 7) is 0. The fraction of sp³-hybridized carbons (Fsp3) is 0. The molecule has 3 aromatic rings. The maximum Gasteiger partial charge on any atom is 0.227 e. The highest BCUT2D eigenvalue weighted by Crippen LogP contribution is 2.84. The Balaban J connectivity index is 2.34. The van der Waals surface area contributed by atoms with Crippen molar-refractivity contribution in [1.29, 1.82) is 0 Å². The van der Waals surface area contributed by atoms with Crippen LogP contribution in [0.5, 0.6) is 0 Å². The number of rotatable bonds is 4. The van der Waals surface area contributed by atoms with Gasteiger partial charge >= 0.3 is 0 Å². The van der Waals surface area contributed by atoms with E-state index in [-0.39, 0.29) is 0 Å². The van der Waals surface area contributed by atoms with Gasteiger partial charge in [0.25, 0.3) is 0 Å². The largest absolute Gasteiger partial charge is 0.342 e. The van der Waals surface area contributed by atoms with Crippen molar-refractivity contribution in [2.45, 2.75) is 14.7 Å². The second-order valence-electron chi connectivity index (χ2n) is 4.77. The molecule has 0 aromatic heterocycles. The Hall–Kier alpha value is -1.64. The Morgan fingerprint density at radius 1 is 0.500 bits per heavy atom. The van der Waals surface area contributed by atoms with Gasteiger partial charge in [-0.1, -0.05) is 64.2 Å². The summed E-state index contributed by atoms with van der Waals surface area (Å²) in [6.07, 6.45) is 0. The Labute approximate surface area is 133 Å². The van der Waals surface area contributed by atoms with Crippen molar-refractivity contribution in [2.24, 2.45) is 0 Å². The summed E-state index contributed by atoms with van der Waals surface area (Å²) in [5.74, 6) is 0. The minimum atomic E-state index is -2.19. The molecule has 0 radical (unpaired) electrons. The van der Waals surface area contributed by atoms with Crippen LogP contribution in [0.3, 0.4) is 0 Å². The molecule has 0 heterocycles. The first-order valence-corrected chi connectivity index (χ1v) is 10.4. The quantitative estimate of drug-likeness (QED) is 0.648. The zero-order valence-corrected chi connectivity index (χ0v) is 13.6. The SMILES string of the molecule is OP(O)S(c1ccccc1)(c1ccccc1)c1ccccc1. The molecule has 0 amide bonds. The average molecular weight is 328 g/mol. The second-order valence-corrected chi connectivity index (χ2v) is 10.5. The molecule has 0 unspecified atom stereocenters. The zero-order chi connectivity index (χ0) is 15.4. The van der Waals surface area contributed by atoms with Crippen LogP contribution in [-0.2, 0) is 0 Å². The van der Waals surface area contributed by atoms with Gasteiger partial charge in [-0.05, 0) is 36.4 Å². The lowest BCUT2D eigenvalue weighted by Crippen LogP contribution is -2.01. The van der Waals surface area contributed by atoms with Gasteiger partial charge < -0.3 is 9.79 Å². The third-order valence-corrected chi connectivity index (χ3v) is 10.2. The Bertz CT molecular complexity index is 621. The molecule has 4 heteroatoms. The minimum absolute atomic E-state index is 0.962. The summed E-state index contributed by atoms with van der Waals surface area (Å²) in [6, 6.07) is 29.4. The molecular weight excluding hydrogens is 311 g/mol. The van der Waals surface area contributed by atoms with Gasteiger partial charge in [-0.25, -0.2) is 0 Å². The van der Waals surface area contributed by atoms with E-state index in [1.807, 2.05) is 91.0 Å². The van der Waals surface area contributed by atoms with E-state index in [9.17, 15) is 9.79 Å². The van der Waals surface area contributed by atoms with Crippen molar-refractivity contribution < 1.29 is 9.79 Å². The van der Waals surface area contributed by atoms with E-state index in [1.165, 1.54) is 0 Å². The first-order chi connectivity index (χ1) is 10.8. The second kappa shape index (κ2) is 6.64. The van der Waals surface area contributed by atoms with Crippen LogP contribution < -0.4 is 0 Å². The highest BCUT2D eigenvalue weighted by atomic mass is 32.8. The molecule has 0 bridgehead atoms. The average Bonchev–Trinajstić information content (AvgIpc) is 2.58. The fourth-order valence-corrected chi connectivity index (χ4v) is 8.37. The lowest BCUT2D eigenvalue weighted by atomic mass is 10.4. The summed E-state index contributed by atoms with van der Waals surface area (Å²) in [4.78, 5) is 23.8. The van der Waals surface area contributed by atoms with E-state index in [1.54, 1.807) is 0 Å². The van der Waals surface area contributed by atoms with Crippen molar-refractivity contribution >= 4 is 17.2 Å². The third kappa shape index (κ3) is 2.57. The Morgan fingerprint density at radius 2 is 0.773 bits per heavy atom. The summed E-state index contributed by atoms with van der Waals surface area (Å²) < 4.78 is 0. The first kappa shape index (κ1) is 15.3. The highest BCUT2D eigenvalue weighted by Gasteiger charge is 2.38. The van der Waals surface area contributed by atoms with Gasteiger partial charge in [0, 0.05) is 14.7 Å². The zero-order valence-electron chi connectivity index (χ0n) is 11.9. The highest BCUT2D eigenvalue weighted by molar-refractivity contribution is 8.74. The van der Waals surface area contributed by atoms with Crippen LogP contribution in [0, 0.1) is 0 Å². The molecule has 3 aromatic carbocycles. The van der Waals surface area contributed by atoms with Crippen molar-refractivity contribution in [2.75, 3.05) is 0 Å². The lowest BCUT2D eigenvalue weighted by molar-refractivity contribution is 0.504. The predicted octanol–water partition coefficient (Wildman–Crippen LogP) is 5.18. The van der Waals surface area contributed by atoms with Crippen LogP contribution in [0.2, 0.25) is 0 Å². The molecule has 0 spiro atoms. The van der Waals surface area contributed by atoms with Crippen LogP contribution in [0.4, 0.5) is 0 Å². The molecule has 0 aliphatic carbocycles. The van der Waals surface area contributed by atoms with Crippen LogP contribution in [-0.4, -0.2) is 9.79 Å². The molecule has 112 valence electrons. The molecule has 0 fully saturated rings. The molecule has 0 saturated heterocycles. The van der Waals surface area contributed by atoms with Crippen LogP contribution >= 0.6 is 17.2 Å². The molecular formula is C18H17O2PS. The number of hydrogen-bond acceptors (Lipinski definition) is 2. The molecule has 22 heavy (non-hydrogen) atoms. The normalized spacial score (nSPS) is 12.3. The maximum atomic E-state index is 10.5. The standard InChI is InChI=1S/C18H17O2PS/c19-21(20)22(16-10-4-1-5-11-16,17-12-6-2-7-13-17)18-14-8-3-9-15-18/h1-15,19-20H. The van der Waals surface area contributed by atoms with Crippen molar-refractivity contribution in [3.8, 4) is 0 Å². The molecule has 3 rings (SSSR count). The summed E-state index contributed by atoms with van der Waals surface area (Å²) >= 11 is 0. The van der Waals surface area contributed by atoms with Crippen LogP contribution in [0.1, 0.15) is 0 Å². The van der Waals surface area contributed by atoms with Crippen molar-refractivity contribution in [1.82, 2.24) is 0 Å². The predicted molar refractivity (Wildman–Crippen MR) is 93.1 cm³/mol. The van der Waals surface area contributed by atoms with Gasteiger partial charge in [0.2, 0.25) is 7.58 Å². The topological polar surface area (TPSA) is 40.5 Å². The van der Waals surface area contributed by atoms with E-state index >= 15 is 0 Å². The first-order valence-electron chi connectivity index (χ1n) is 6.93. The van der Waals surface area contributed by atoms with E-state index < -0.39 is 17.2 Å². The van der Waals surface area contributed by atoms with Crippen LogP contribution in [0.25, 0.3) is 0 Å². The van der Waals surface area contributed by atoms with Crippen molar-refractivity contribution in [3.05, 3.63) is 91.0 Å². The number of benzene rings is 3. The van der Waals surface area contributed by atoms with E-state index in [2.05, 4.69) is 0 Å². The summed E-state index contributed by atoms with van der Waals surface area (Å²) in [5.41, 5.74) is 0. The third-order valence-electron chi connectivity index (χ3n) is 3.50. The van der Waals surface area contributed by atoms with Gasteiger partial charge in [0.05, 0.1) is 0 Å². The van der Waals surface area contributed by atoms with Crippen molar-refractivity contribution in [3.63, 3.8) is 0 Å². The smallest absolute Gasteiger partial charge is 0.227 e. The van der Waals surface area contributed by atoms with Gasteiger partial charge in [-0.3, -0.25) is 0 Å². The Kier molecular flexibility index (Phi) is 4.60. The van der Waals surface area contributed by atoms with Gasteiger partial charge in [-0.2, -0.15) is 0 Å². The lowest BCUT2D eigenvalue weighted by Gasteiger charge is -2.41. The number of hydrogen-bond donors (Lipinski definition) is 2. The molecule has 0 aliphatic rings. The Morgan fingerprint density at radius 3 is 1.00 bits per heavy atom. The summed E-state index contributed by atoms with van der Waals surface area (Å²) in [5, 5.41) is 0. The van der Waals surface area contributed by atoms with Crippen LogP contribution in [0.15, 0.2) is 106 Å². The summed E-state index contributed by atoms with van der Waals surface area (Å²) in [7, 11) is -4.27. The molecule has 0 aliphatic heterocycles. The maximum absolute atomic E-state index is 10.5. The van der Waals surface area contributed by atoms with E-state index in [0.29, 0.717) is 0 Å². The van der Waals surface area contributed by atoms with Gasteiger partial charge in [-0.15, -0.1) is 0 Å². The van der Waals surface area contributed by atoms with E-state index in [4.69, 9.17) is 0 Å². The molecule has 2 N–H and O–H groups in total. The molecule has 2 nitrogen and oxygen atoms in total. The van der Waals surface area contributed by atoms with E-state index in [0.717, 1.165) is 14.7 Å². The van der Waals surface area contributed by atoms with Gasteiger partial charge in [0.15, 0.2) is 0 Å². The molecule has 0 atom stereocenters. The molecule has 0 saturated carbocycles. The minimum Gasteiger partial charge on any atom is -0.342 e. The van der Waals surface area contributed by atoms with Gasteiger partial charge in [0.1, 0.15) is 0 Å². The monoisotopic (exact) mass is 328 g/mol.